The predicted octanol–water partition coefficient (Wildman–Crippen LogP) is 5.44. The van der Waals surface area contributed by atoms with Crippen molar-refractivity contribution in [3.8, 4) is 11.4 Å². The fourth-order valence-electron chi connectivity index (χ4n) is 4.39. The number of ether oxygens (including phenoxy) is 1. The van der Waals surface area contributed by atoms with Crippen molar-refractivity contribution in [2.24, 2.45) is 5.41 Å². The van der Waals surface area contributed by atoms with Crippen molar-refractivity contribution < 1.29 is 9.26 Å². The number of aryl methyl sites for hydroxylation is 1. The van der Waals surface area contributed by atoms with Crippen LogP contribution in [0.1, 0.15) is 30.4 Å². The third kappa shape index (κ3) is 3.49. The van der Waals surface area contributed by atoms with E-state index < -0.39 is 0 Å². The van der Waals surface area contributed by atoms with Crippen molar-refractivity contribution >= 4 is 22.2 Å². The zero-order chi connectivity index (χ0) is 21.4. The van der Waals surface area contributed by atoms with E-state index in [2.05, 4.69) is 70.4 Å². The highest BCUT2D eigenvalue weighted by atomic mass is 16.5. The van der Waals surface area contributed by atoms with Gasteiger partial charge in [0.25, 0.3) is 5.89 Å². The molecule has 0 saturated carbocycles. The Morgan fingerprint density at radius 3 is 2.87 bits per heavy atom. The van der Waals surface area contributed by atoms with Crippen molar-refractivity contribution in [3.63, 3.8) is 0 Å². The lowest BCUT2D eigenvalue weighted by Gasteiger charge is -2.35. The molecule has 6 heteroatoms. The first-order chi connectivity index (χ1) is 15.1. The Kier molecular flexibility index (Phi) is 4.79. The number of fused-ring (bicyclic) bond motifs is 1. The Balaban J connectivity index is 1.51. The van der Waals surface area contributed by atoms with E-state index in [1.165, 1.54) is 16.7 Å². The topological polar surface area (TPSA) is 76.8 Å². The number of nitrogens with zero attached hydrogens (tertiary/aromatic N) is 3. The molecule has 0 bridgehead atoms. The minimum absolute atomic E-state index is 0.200. The number of imidazole rings is 1. The van der Waals surface area contributed by atoms with Crippen LogP contribution < -0.4 is 0 Å². The van der Waals surface area contributed by atoms with Crippen molar-refractivity contribution in [1.29, 1.82) is 0 Å². The van der Waals surface area contributed by atoms with E-state index in [1.807, 2.05) is 18.2 Å². The Morgan fingerprint density at radius 1 is 1.16 bits per heavy atom. The maximum absolute atomic E-state index is 5.66. The van der Waals surface area contributed by atoms with Gasteiger partial charge in [-0.1, -0.05) is 48.5 Å². The molecule has 1 aliphatic carbocycles. The minimum Gasteiger partial charge on any atom is -0.384 e. The van der Waals surface area contributed by atoms with E-state index in [4.69, 9.17) is 9.26 Å². The number of nitrogens with one attached hydrogen (secondary N) is 1. The Hall–Kier alpha value is -3.51. The summed E-state index contributed by atoms with van der Waals surface area (Å²) in [5, 5.41) is 4.22. The van der Waals surface area contributed by atoms with Gasteiger partial charge in [0.1, 0.15) is 0 Å². The molecule has 6 nitrogen and oxygen atoms in total. The minimum atomic E-state index is -0.200. The third-order valence-electron chi connectivity index (χ3n) is 5.96. The molecule has 0 saturated heterocycles. The first-order valence-electron chi connectivity index (χ1n) is 10.3. The van der Waals surface area contributed by atoms with Gasteiger partial charge < -0.3 is 14.2 Å². The van der Waals surface area contributed by atoms with Crippen LogP contribution in [0.2, 0.25) is 0 Å². The number of aromatic amines is 1. The highest BCUT2D eigenvalue weighted by Crippen LogP contribution is 2.46. The lowest BCUT2D eigenvalue weighted by molar-refractivity contribution is 0.129. The standard InChI is InChI=1S/C25H24N4O2/c1-16-6-4-5-7-19(16)20-10-8-18(13-25(20,2)14-30-3)24-28-23(29-31-24)17-9-11-21-22(12-17)27-15-26-21/h4-12,15H,13-14H2,1-3H3,(H,26,27)/t25-/m1/s1. The maximum atomic E-state index is 5.66. The summed E-state index contributed by atoms with van der Waals surface area (Å²) in [6.45, 7) is 4.97. The number of hydrogen-bond acceptors (Lipinski definition) is 5. The molecule has 156 valence electrons. The van der Waals surface area contributed by atoms with Crippen molar-refractivity contribution in [1.82, 2.24) is 20.1 Å². The first kappa shape index (κ1) is 19.5. The molecule has 1 atom stereocenters. The second-order valence-electron chi connectivity index (χ2n) is 8.32. The van der Waals surface area contributed by atoms with E-state index in [9.17, 15) is 0 Å². The van der Waals surface area contributed by atoms with Crippen molar-refractivity contribution in [2.75, 3.05) is 13.7 Å². The van der Waals surface area contributed by atoms with Gasteiger partial charge in [-0.25, -0.2) is 4.98 Å². The van der Waals surface area contributed by atoms with Crippen LogP contribution in [0.5, 0.6) is 0 Å². The molecule has 1 N–H and O–H groups in total. The average Bonchev–Trinajstić information content (AvgIpc) is 3.43. The highest BCUT2D eigenvalue weighted by molar-refractivity contribution is 5.82. The zero-order valence-corrected chi connectivity index (χ0v) is 17.8. The molecule has 2 aromatic carbocycles. The second kappa shape index (κ2) is 7.63. The Bertz CT molecular complexity index is 1310. The van der Waals surface area contributed by atoms with Gasteiger partial charge in [-0.3, -0.25) is 0 Å². The lowest BCUT2D eigenvalue weighted by atomic mass is 9.71. The van der Waals surface area contributed by atoms with Crippen LogP contribution in [0.3, 0.4) is 0 Å². The van der Waals surface area contributed by atoms with Crippen LogP contribution in [-0.2, 0) is 4.74 Å². The number of methoxy groups -OCH3 is 1. The third-order valence-corrected chi connectivity index (χ3v) is 5.96. The molecule has 0 spiro atoms. The summed E-state index contributed by atoms with van der Waals surface area (Å²) in [6.07, 6.45) is 6.69. The zero-order valence-electron chi connectivity index (χ0n) is 17.8. The fraction of sp³-hybridized carbons (Fsp3) is 0.240. The van der Waals surface area contributed by atoms with Crippen LogP contribution in [0.4, 0.5) is 0 Å². The van der Waals surface area contributed by atoms with Gasteiger partial charge in [-0.2, -0.15) is 4.98 Å². The summed E-state index contributed by atoms with van der Waals surface area (Å²) in [7, 11) is 1.75. The van der Waals surface area contributed by atoms with E-state index in [0.717, 1.165) is 28.6 Å². The van der Waals surface area contributed by atoms with E-state index >= 15 is 0 Å². The summed E-state index contributed by atoms with van der Waals surface area (Å²) in [6, 6.07) is 14.3. The molecule has 2 aromatic heterocycles. The Labute approximate surface area is 180 Å². The van der Waals surface area contributed by atoms with Gasteiger partial charge in [-0.05, 0) is 48.2 Å². The van der Waals surface area contributed by atoms with E-state index in [0.29, 0.717) is 18.3 Å². The maximum Gasteiger partial charge on any atom is 0.254 e. The smallest absolute Gasteiger partial charge is 0.254 e. The number of rotatable bonds is 5. The quantitative estimate of drug-likeness (QED) is 0.472. The summed E-state index contributed by atoms with van der Waals surface area (Å²) in [5.74, 6) is 1.11. The Morgan fingerprint density at radius 2 is 2.03 bits per heavy atom. The molecule has 0 amide bonds. The molecule has 4 aromatic rings. The van der Waals surface area contributed by atoms with E-state index in [-0.39, 0.29) is 5.41 Å². The van der Waals surface area contributed by atoms with E-state index in [1.54, 1.807) is 13.4 Å². The van der Waals surface area contributed by atoms with Crippen LogP contribution in [-0.4, -0.2) is 33.8 Å². The monoisotopic (exact) mass is 412 g/mol. The van der Waals surface area contributed by atoms with Crippen LogP contribution >= 0.6 is 0 Å². The number of H-pyrrole nitrogens is 1. The second-order valence-corrected chi connectivity index (χ2v) is 8.32. The van der Waals surface area contributed by atoms with Crippen LogP contribution in [0, 0.1) is 12.3 Å². The molecule has 0 radical (unpaired) electrons. The molecule has 5 rings (SSSR count). The van der Waals surface area contributed by atoms with Gasteiger partial charge in [0.15, 0.2) is 0 Å². The van der Waals surface area contributed by atoms with Crippen molar-refractivity contribution in [2.45, 2.75) is 20.3 Å². The van der Waals surface area contributed by atoms with Gasteiger partial charge in [0, 0.05) is 23.7 Å². The molecule has 2 heterocycles. The summed E-state index contributed by atoms with van der Waals surface area (Å²) in [5.41, 5.74) is 7.32. The molecule has 0 aliphatic heterocycles. The fourth-order valence-corrected chi connectivity index (χ4v) is 4.39. The summed E-state index contributed by atoms with van der Waals surface area (Å²) in [4.78, 5) is 12.1. The molecular formula is C25H24N4O2. The molecular weight excluding hydrogens is 388 g/mol. The van der Waals surface area contributed by atoms with Gasteiger partial charge in [0.2, 0.25) is 5.82 Å². The SMILES string of the molecule is COC[C@@]1(C)CC(c2nc(-c3ccc4nc[nH]c4c3)no2)=CC=C1c1ccccc1C. The first-order valence-corrected chi connectivity index (χ1v) is 10.3. The lowest BCUT2D eigenvalue weighted by Crippen LogP contribution is -2.27. The normalized spacial score (nSPS) is 18.8. The number of aromatic nitrogens is 4. The predicted molar refractivity (Wildman–Crippen MR) is 121 cm³/mol. The highest BCUT2D eigenvalue weighted by Gasteiger charge is 2.35. The molecule has 1 aliphatic rings. The van der Waals surface area contributed by atoms with Gasteiger partial charge in [0.05, 0.1) is 24.0 Å². The van der Waals surface area contributed by atoms with Crippen LogP contribution in [0.15, 0.2) is 65.5 Å². The molecule has 0 unspecified atom stereocenters. The average molecular weight is 412 g/mol. The number of allylic oxidation sites excluding steroid dienone is 3. The molecule has 31 heavy (non-hydrogen) atoms. The van der Waals surface area contributed by atoms with Gasteiger partial charge >= 0.3 is 0 Å². The van der Waals surface area contributed by atoms with Crippen LogP contribution in [0.25, 0.3) is 33.6 Å². The largest absolute Gasteiger partial charge is 0.384 e. The summed E-state index contributed by atoms with van der Waals surface area (Å²) < 4.78 is 11.3. The summed E-state index contributed by atoms with van der Waals surface area (Å²) >= 11 is 0. The number of hydrogen-bond donors (Lipinski definition) is 1. The molecule has 0 fully saturated rings. The number of benzene rings is 2. The van der Waals surface area contributed by atoms with Crippen molar-refractivity contribution in [3.05, 3.63) is 78.0 Å². The van der Waals surface area contributed by atoms with Gasteiger partial charge in [-0.15, -0.1) is 0 Å².